The number of fused-ring (bicyclic) bond motifs is 6. The van der Waals surface area contributed by atoms with E-state index in [-0.39, 0.29) is 50.5 Å². The summed E-state index contributed by atoms with van der Waals surface area (Å²) in [4.78, 5) is 64.5. The molecule has 3 saturated heterocycles. The number of rotatable bonds is 11. The van der Waals surface area contributed by atoms with Crippen molar-refractivity contribution in [1.82, 2.24) is 0 Å². The average Bonchev–Trinajstić information content (AvgIpc) is 3.19. The van der Waals surface area contributed by atoms with Crippen LogP contribution in [0.25, 0.3) is 0 Å². The van der Waals surface area contributed by atoms with Crippen molar-refractivity contribution >= 4 is 29.8 Å². The lowest BCUT2D eigenvalue weighted by Crippen LogP contribution is -2.62. The molecule has 4 aliphatic rings. The second kappa shape index (κ2) is 22.8. The van der Waals surface area contributed by atoms with Crippen LogP contribution in [0.2, 0.25) is 0 Å². The van der Waals surface area contributed by atoms with Crippen molar-refractivity contribution in [3.05, 3.63) is 35.5 Å². The number of aliphatic hydroxyl groups is 3. The lowest BCUT2D eigenvalue weighted by Gasteiger charge is -2.51. The molecule has 16 heteroatoms. The molecule has 0 amide bonds. The Morgan fingerprint density at radius 1 is 0.839 bits per heavy atom. The summed E-state index contributed by atoms with van der Waals surface area (Å²) in [7, 11) is 2.48. The highest BCUT2D eigenvalue weighted by atomic mass is 16.7. The fourth-order valence-corrected chi connectivity index (χ4v) is 8.83. The molecule has 3 fully saturated rings. The molecule has 4 rings (SSSR count). The highest BCUT2D eigenvalue weighted by Crippen LogP contribution is 2.48. The van der Waals surface area contributed by atoms with E-state index < -0.39 is 114 Å². The first-order valence-corrected chi connectivity index (χ1v) is 22.0. The Morgan fingerprint density at radius 3 is 2.19 bits per heavy atom. The molecule has 10 atom stereocenters. The molecule has 0 saturated carbocycles. The molecule has 350 valence electrons. The van der Waals surface area contributed by atoms with Crippen molar-refractivity contribution in [2.24, 2.45) is 10.8 Å². The van der Waals surface area contributed by atoms with E-state index in [0.717, 1.165) is 37.3 Å². The molecule has 0 radical (unpaired) electrons. The number of unbranched alkanes of at least 4 members (excludes halogenated alkanes) is 4. The van der Waals surface area contributed by atoms with Gasteiger partial charge in [-0.05, 0) is 31.3 Å². The topological polar surface area (TPSA) is 220 Å². The smallest absolute Gasteiger partial charge is 0.330 e. The van der Waals surface area contributed by atoms with Crippen molar-refractivity contribution < 1.29 is 77.2 Å². The van der Waals surface area contributed by atoms with Crippen molar-refractivity contribution in [3.63, 3.8) is 0 Å². The molecule has 4 heterocycles. The Kier molecular flexibility index (Phi) is 18.7. The van der Waals surface area contributed by atoms with Gasteiger partial charge < -0.3 is 53.2 Å². The highest BCUT2D eigenvalue weighted by molar-refractivity contribution is 5.83. The first-order valence-electron chi connectivity index (χ1n) is 22.0. The standard InChI is InChI=1S/C46H70O16/c1-9-10-11-12-13-14-39(50)61-43-30(21-41(52)56-8)20-35-24-36(27-47)60-42(53)23-31(49)22-34-26-37(57-28(2)48)45(5,6)38(59-34)25-33-18-29(19-40(51)55-7)17-32(58-33)15-16-44(3,4)46(43,54)62-35/h15-16,19,21,31-38,43,47,49,54H,9-14,17-18,20,22-27H2,1-8H3/b16-15+,29-19-,30-21+/t31-,32+,33+,34-,35+,36-,37+,38+,43+,46-/m1/s1. The van der Waals surface area contributed by atoms with Gasteiger partial charge in [0.15, 0.2) is 6.10 Å². The van der Waals surface area contributed by atoms with E-state index in [0.29, 0.717) is 12.8 Å². The Labute approximate surface area is 365 Å². The fraction of sp³-hybridized carbons (Fsp3) is 0.761. The van der Waals surface area contributed by atoms with Gasteiger partial charge in [-0.25, -0.2) is 9.59 Å². The number of carbonyl (C=O) groups is 5. The van der Waals surface area contributed by atoms with Crippen LogP contribution in [0.1, 0.15) is 131 Å². The third-order valence-corrected chi connectivity index (χ3v) is 12.5. The monoisotopic (exact) mass is 878 g/mol. The number of ether oxygens (including phenoxy) is 8. The molecule has 62 heavy (non-hydrogen) atoms. The Morgan fingerprint density at radius 2 is 1.53 bits per heavy atom. The van der Waals surface area contributed by atoms with Gasteiger partial charge in [0.05, 0.1) is 63.9 Å². The van der Waals surface area contributed by atoms with Crippen LogP contribution in [0.4, 0.5) is 0 Å². The highest BCUT2D eigenvalue weighted by Gasteiger charge is 2.58. The zero-order chi connectivity index (χ0) is 45.8. The summed E-state index contributed by atoms with van der Waals surface area (Å²) in [5, 5.41) is 34.5. The second-order valence-electron chi connectivity index (χ2n) is 18.3. The van der Waals surface area contributed by atoms with Gasteiger partial charge in [0, 0.05) is 62.0 Å². The number of esters is 5. The predicted octanol–water partition coefficient (Wildman–Crippen LogP) is 5.02. The maximum atomic E-state index is 13.5. The summed E-state index contributed by atoms with van der Waals surface area (Å²) in [6.07, 6.45) is 3.05. The van der Waals surface area contributed by atoms with Crippen molar-refractivity contribution in [2.45, 2.75) is 192 Å². The number of carbonyl (C=O) groups excluding carboxylic acids is 5. The number of hydrogen-bond donors (Lipinski definition) is 3. The van der Waals surface area contributed by atoms with Crippen LogP contribution < -0.4 is 0 Å². The molecular weight excluding hydrogens is 808 g/mol. The molecule has 0 aromatic rings. The van der Waals surface area contributed by atoms with Crippen LogP contribution in [-0.4, -0.2) is 127 Å². The summed E-state index contributed by atoms with van der Waals surface area (Å²) >= 11 is 0. The first-order chi connectivity index (χ1) is 29.2. The third kappa shape index (κ3) is 13.9. The molecule has 0 aromatic heterocycles. The van der Waals surface area contributed by atoms with Crippen LogP contribution in [0.5, 0.6) is 0 Å². The minimum Gasteiger partial charge on any atom is -0.466 e. The molecule has 0 unspecified atom stereocenters. The summed E-state index contributed by atoms with van der Waals surface area (Å²) in [5.74, 6) is -5.56. The quantitative estimate of drug-likeness (QED) is 0.0816. The normalized spacial score (nSPS) is 34.6. The molecule has 3 N–H and O–H groups in total. The van der Waals surface area contributed by atoms with E-state index in [1.165, 1.54) is 27.2 Å². The Hall–Kier alpha value is -3.67. The van der Waals surface area contributed by atoms with Crippen LogP contribution in [0, 0.1) is 10.8 Å². The van der Waals surface area contributed by atoms with Gasteiger partial charge in [-0.1, -0.05) is 78.0 Å². The molecular formula is C46H70O16. The summed E-state index contributed by atoms with van der Waals surface area (Å²) in [6, 6.07) is 0. The molecule has 4 aliphatic heterocycles. The van der Waals surface area contributed by atoms with Crippen LogP contribution in [0.15, 0.2) is 35.5 Å². The minimum atomic E-state index is -2.36. The molecule has 0 aliphatic carbocycles. The lowest BCUT2D eigenvalue weighted by molar-refractivity contribution is -0.327. The van der Waals surface area contributed by atoms with E-state index in [4.69, 9.17) is 37.9 Å². The van der Waals surface area contributed by atoms with E-state index in [1.54, 1.807) is 26.0 Å². The van der Waals surface area contributed by atoms with E-state index in [2.05, 4.69) is 6.92 Å². The van der Waals surface area contributed by atoms with E-state index >= 15 is 0 Å². The summed E-state index contributed by atoms with van der Waals surface area (Å²) in [6.45, 7) is 9.97. The zero-order valence-corrected chi connectivity index (χ0v) is 37.8. The average molecular weight is 879 g/mol. The van der Waals surface area contributed by atoms with Gasteiger partial charge in [-0.2, -0.15) is 0 Å². The third-order valence-electron chi connectivity index (χ3n) is 12.5. The van der Waals surface area contributed by atoms with Gasteiger partial charge in [-0.15, -0.1) is 0 Å². The van der Waals surface area contributed by atoms with Gasteiger partial charge in [0.25, 0.3) is 0 Å². The van der Waals surface area contributed by atoms with E-state index in [9.17, 15) is 39.3 Å². The number of hydrogen-bond acceptors (Lipinski definition) is 16. The maximum Gasteiger partial charge on any atom is 0.330 e. The molecule has 0 aromatic carbocycles. The number of cyclic esters (lactones) is 1. The van der Waals surface area contributed by atoms with Gasteiger partial charge >= 0.3 is 29.8 Å². The largest absolute Gasteiger partial charge is 0.466 e. The minimum absolute atomic E-state index is 0.00198. The van der Waals surface area contributed by atoms with Crippen LogP contribution in [0.3, 0.4) is 0 Å². The zero-order valence-electron chi connectivity index (χ0n) is 37.8. The molecule has 0 spiro atoms. The van der Waals surface area contributed by atoms with Crippen molar-refractivity contribution in [1.29, 1.82) is 0 Å². The van der Waals surface area contributed by atoms with E-state index in [1.807, 2.05) is 13.8 Å². The molecule has 6 bridgehead atoms. The van der Waals surface area contributed by atoms with Crippen LogP contribution >= 0.6 is 0 Å². The number of methoxy groups -OCH3 is 2. The Balaban J connectivity index is 1.81. The van der Waals surface area contributed by atoms with Crippen molar-refractivity contribution in [2.75, 3.05) is 20.8 Å². The second-order valence-corrected chi connectivity index (χ2v) is 18.3. The number of aliphatic hydroxyl groups excluding tert-OH is 2. The fourth-order valence-electron chi connectivity index (χ4n) is 8.83. The maximum absolute atomic E-state index is 13.5. The van der Waals surface area contributed by atoms with Crippen molar-refractivity contribution in [3.8, 4) is 0 Å². The van der Waals surface area contributed by atoms with Gasteiger partial charge in [0.2, 0.25) is 5.79 Å². The summed E-state index contributed by atoms with van der Waals surface area (Å²) in [5.41, 5.74) is -1.22. The SMILES string of the molecule is CCCCCCCC(=O)O[C@H]1/C(=C/C(=O)OC)C[C@H]2C[C@H](CO)OC(=O)C[C@H](O)C[C@@H]3C[C@H](OC(C)=O)C(C)(C)[C@H](C[C@@H]4C/C(=C\C(=O)OC)C[C@H](/C=C/C(C)(C)[C@]1(O)O2)O4)O3. The van der Waals surface area contributed by atoms with Gasteiger partial charge in [0.1, 0.15) is 12.2 Å². The first kappa shape index (κ1) is 51.0. The Bertz CT molecular complexity index is 1650. The lowest BCUT2D eigenvalue weighted by atomic mass is 9.73. The van der Waals surface area contributed by atoms with Crippen LogP contribution in [-0.2, 0) is 61.9 Å². The predicted molar refractivity (Wildman–Crippen MR) is 223 cm³/mol. The summed E-state index contributed by atoms with van der Waals surface area (Å²) < 4.78 is 47.2. The molecule has 16 nitrogen and oxygen atoms in total. The van der Waals surface area contributed by atoms with Gasteiger partial charge in [-0.3, -0.25) is 14.4 Å².